The van der Waals surface area contributed by atoms with Crippen LogP contribution in [0.4, 0.5) is 8.78 Å². The molecule has 2 aromatic rings. The van der Waals surface area contributed by atoms with Gasteiger partial charge in [0.15, 0.2) is 0 Å². The Kier molecular flexibility index (Phi) is 3.04. The van der Waals surface area contributed by atoms with Crippen LogP contribution >= 0.6 is 0 Å². The molecule has 8 heteroatoms. The van der Waals surface area contributed by atoms with E-state index in [0.29, 0.717) is 5.69 Å². The average molecular weight is 283 g/mol. The third-order valence-corrected chi connectivity index (χ3v) is 3.35. The smallest absolute Gasteiger partial charge is 0.273 e. The number of nitrogens with zero attached hydrogens (tertiary/aromatic N) is 5. The molecule has 0 amide bonds. The van der Waals surface area contributed by atoms with Crippen molar-refractivity contribution in [1.29, 1.82) is 0 Å². The Labute approximate surface area is 114 Å². The van der Waals surface area contributed by atoms with Gasteiger partial charge in [-0.2, -0.15) is 5.10 Å². The lowest BCUT2D eigenvalue weighted by Crippen LogP contribution is -2.18. The van der Waals surface area contributed by atoms with Gasteiger partial charge in [-0.3, -0.25) is 4.68 Å². The number of ether oxygens (including phenoxy) is 1. The maximum Gasteiger partial charge on any atom is 0.273 e. The highest BCUT2D eigenvalue weighted by molar-refractivity contribution is 5.56. The molecule has 1 fully saturated rings. The summed E-state index contributed by atoms with van der Waals surface area (Å²) in [5.41, 5.74) is 2.53. The maximum absolute atomic E-state index is 13.0. The molecule has 1 saturated heterocycles. The monoisotopic (exact) mass is 283 g/mol. The molecule has 0 spiro atoms. The van der Waals surface area contributed by atoms with E-state index in [4.69, 9.17) is 4.74 Å². The lowest BCUT2D eigenvalue weighted by atomic mass is 10.2. The van der Waals surface area contributed by atoms with Crippen molar-refractivity contribution in [3.8, 4) is 11.4 Å². The minimum absolute atomic E-state index is 0.271. The minimum Gasteiger partial charge on any atom is -0.370 e. The number of halogens is 2. The molecule has 0 bridgehead atoms. The summed E-state index contributed by atoms with van der Waals surface area (Å²) >= 11 is 0. The van der Waals surface area contributed by atoms with E-state index in [0.717, 1.165) is 11.3 Å². The van der Waals surface area contributed by atoms with Gasteiger partial charge in [-0.25, -0.2) is 13.5 Å². The van der Waals surface area contributed by atoms with E-state index in [2.05, 4.69) is 15.4 Å². The summed E-state index contributed by atoms with van der Waals surface area (Å²) in [5.74, 6) is -2.73. The van der Waals surface area contributed by atoms with Crippen LogP contribution in [-0.4, -0.2) is 43.4 Å². The fourth-order valence-electron chi connectivity index (χ4n) is 2.43. The summed E-state index contributed by atoms with van der Waals surface area (Å²) < 4.78 is 34.4. The molecule has 2 aromatic heterocycles. The highest BCUT2D eigenvalue weighted by Gasteiger charge is 2.40. The normalized spacial score (nSPS) is 21.5. The molecule has 1 aliphatic rings. The Hall–Kier alpha value is -1.83. The SMILES string of the molecule is Cc1cnn(C)c1-c1cn(CC2CC(F)(F)CO2)nn1. The molecular weight excluding hydrogens is 268 g/mol. The zero-order valence-corrected chi connectivity index (χ0v) is 11.3. The molecule has 0 radical (unpaired) electrons. The van der Waals surface area contributed by atoms with Crippen molar-refractivity contribution in [2.75, 3.05) is 6.61 Å². The van der Waals surface area contributed by atoms with Crippen LogP contribution in [0.1, 0.15) is 12.0 Å². The second kappa shape index (κ2) is 4.62. The summed E-state index contributed by atoms with van der Waals surface area (Å²) in [6.07, 6.45) is 2.68. The standard InChI is InChI=1S/C12H15F2N5O/c1-8-4-15-18(2)11(8)10-6-19(17-16-10)5-9-3-12(13,14)7-20-9/h4,6,9H,3,5,7H2,1-2H3. The van der Waals surface area contributed by atoms with Crippen LogP contribution in [0.15, 0.2) is 12.4 Å². The van der Waals surface area contributed by atoms with Crippen LogP contribution in [0.25, 0.3) is 11.4 Å². The van der Waals surface area contributed by atoms with E-state index in [1.54, 1.807) is 17.1 Å². The third kappa shape index (κ3) is 2.43. The molecule has 6 nitrogen and oxygen atoms in total. The van der Waals surface area contributed by atoms with E-state index in [9.17, 15) is 8.78 Å². The van der Waals surface area contributed by atoms with Crippen molar-refractivity contribution in [1.82, 2.24) is 24.8 Å². The number of aryl methyl sites for hydroxylation is 2. The first-order chi connectivity index (χ1) is 9.44. The van der Waals surface area contributed by atoms with Crippen LogP contribution in [0.5, 0.6) is 0 Å². The minimum atomic E-state index is -2.73. The fourth-order valence-corrected chi connectivity index (χ4v) is 2.43. The molecule has 1 aliphatic heterocycles. The van der Waals surface area contributed by atoms with E-state index < -0.39 is 18.6 Å². The Morgan fingerprint density at radius 1 is 1.50 bits per heavy atom. The predicted molar refractivity (Wildman–Crippen MR) is 66.3 cm³/mol. The van der Waals surface area contributed by atoms with Crippen molar-refractivity contribution >= 4 is 0 Å². The van der Waals surface area contributed by atoms with Crippen LogP contribution in [0, 0.1) is 6.92 Å². The van der Waals surface area contributed by atoms with Crippen LogP contribution in [-0.2, 0) is 18.3 Å². The van der Waals surface area contributed by atoms with Gasteiger partial charge in [-0.1, -0.05) is 5.21 Å². The first-order valence-electron chi connectivity index (χ1n) is 6.33. The van der Waals surface area contributed by atoms with Gasteiger partial charge in [0.2, 0.25) is 0 Å². The number of aromatic nitrogens is 5. The van der Waals surface area contributed by atoms with E-state index in [1.165, 1.54) is 4.68 Å². The highest BCUT2D eigenvalue weighted by Crippen LogP contribution is 2.30. The summed E-state index contributed by atoms with van der Waals surface area (Å²) in [6.45, 7) is 1.70. The quantitative estimate of drug-likeness (QED) is 0.854. The van der Waals surface area contributed by atoms with Crippen molar-refractivity contribution in [2.45, 2.75) is 31.9 Å². The molecule has 108 valence electrons. The number of hydrogen-bond donors (Lipinski definition) is 0. The van der Waals surface area contributed by atoms with Crippen molar-refractivity contribution in [2.24, 2.45) is 7.05 Å². The fraction of sp³-hybridized carbons (Fsp3) is 0.583. The summed E-state index contributed by atoms with van der Waals surface area (Å²) in [4.78, 5) is 0. The van der Waals surface area contributed by atoms with E-state index in [1.807, 2.05) is 14.0 Å². The van der Waals surface area contributed by atoms with Gasteiger partial charge in [-0.15, -0.1) is 5.10 Å². The van der Waals surface area contributed by atoms with E-state index >= 15 is 0 Å². The van der Waals surface area contributed by atoms with E-state index in [-0.39, 0.29) is 13.0 Å². The van der Waals surface area contributed by atoms with Crippen molar-refractivity contribution in [3.63, 3.8) is 0 Å². The summed E-state index contributed by atoms with van der Waals surface area (Å²) in [5, 5.41) is 12.2. The maximum atomic E-state index is 13.0. The highest BCUT2D eigenvalue weighted by atomic mass is 19.3. The molecule has 0 saturated carbocycles. The zero-order valence-electron chi connectivity index (χ0n) is 11.3. The Balaban J connectivity index is 1.75. The van der Waals surface area contributed by atoms with Gasteiger partial charge in [0.05, 0.1) is 30.7 Å². The van der Waals surface area contributed by atoms with Crippen molar-refractivity contribution < 1.29 is 13.5 Å². The molecule has 3 heterocycles. The third-order valence-electron chi connectivity index (χ3n) is 3.35. The van der Waals surface area contributed by atoms with Crippen molar-refractivity contribution in [3.05, 3.63) is 18.0 Å². The topological polar surface area (TPSA) is 57.8 Å². The Morgan fingerprint density at radius 3 is 2.90 bits per heavy atom. The van der Waals surface area contributed by atoms with Crippen LogP contribution < -0.4 is 0 Å². The van der Waals surface area contributed by atoms with Gasteiger partial charge in [-0.05, 0) is 12.5 Å². The molecule has 0 aromatic carbocycles. The van der Waals surface area contributed by atoms with Gasteiger partial charge in [0, 0.05) is 13.5 Å². The lowest BCUT2D eigenvalue weighted by Gasteiger charge is -2.07. The molecule has 1 unspecified atom stereocenters. The van der Waals surface area contributed by atoms with Crippen LogP contribution in [0.3, 0.4) is 0 Å². The van der Waals surface area contributed by atoms with Gasteiger partial charge in [0.1, 0.15) is 12.3 Å². The molecule has 0 aliphatic carbocycles. The first kappa shape index (κ1) is 13.2. The van der Waals surface area contributed by atoms with Gasteiger partial charge >= 0.3 is 0 Å². The largest absolute Gasteiger partial charge is 0.370 e. The summed E-state index contributed by atoms with van der Waals surface area (Å²) in [6, 6.07) is 0. The molecule has 20 heavy (non-hydrogen) atoms. The number of hydrogen-bond acceptors (Lipinski definition) is 4. The molecular formula is C12H15F2N5O. The number of rotatable bonds is 3. The molecule has 1 atom stereocenters. The zero-order chi connectivity index (χ0) is 14.3. The van der Waals surface area contributed by atoms with Crippen LogP contribution in [0.2, 0.25) is 0 Å². The molecule has 3 rings (SSSR count). The van der Waals surface area contributed by atoms with Gasteiger partial charge in [0.25, 0.3) is 5.92 Å². The first-order valence-corrected chi connectivity index (χ1v) is 6.33. The average Bonchev–Trinajstić information content (AvgIpc) is 3.02. The lowest BCUT2D eigenvalue weighted by molar-refractivity contribution is -0.0107. The second-order valence-electron chi connectivity index (χ2n) is 5.12. The molecule has 0 N–H and O–H groups in total. The predicted octanol–water partition coefficient (Wildman–Crippen LogP) is 1.41. The Morgan fingerprint density at radius 2 is 2.30 bits per heavy atom. The summed E-state index contributed by atoms with van der Waals surface area (Å²) in [7, 11) is 1.82. The Bertz CT molecular complexity index is 602. The van der Waals surface area contributed by atoms with Gasteiger partial charge < -0.3 is 4.74 Å². The number of alkyl halides is 2. The second-order valence-corrected chi connectivity index (χ2v) is 5.12.